The Bertz CT molecular complexity index is 887. The number of nitrogen functional groups attached to an aromatic ring is 2. The molecule has 8 nitrogen and oxygen atoms in total. The third kappa shape index (κ3) is 3.18. The minimum absolute atomic E-state index is 0.177. The Morgan fingerprint density at radius 2 is 1.72 bits per heavy atom. The first kappa shape index (κ1) is 16.9. The van der Waals surface area contributed by atoms with Crippen molar-refractivity contribution in [2.75, 3.05) is 38.1 Å². The van der Waals surface area contributed by atoms with Gasteiger partial charge in [0, 0.05) is 24.4 Å². The first-order valence-electron chi connectivity index (χ1n) is 7.40. The molecular weight excluding hydrogens is 342 g/mol. The molecule has 5 N–H and O–H groups in total. The van der Waals surface area contributed by atoms with Gasteiger partial charge in [0.15, 0.2) is 11.5 Å². The Hall–Kier alpha value is -2.94. The monoisotopic (exact) mass is 361 g/mol. The number of methoxy groups -OCH3 is 3. The van der Waals surface area contributed by atoms with Crippen LogP contribution in [0.25, 0.3) is 10.2 Å². The molecular formula is C16H19N5O3S. The Labute approximate surface area is 148 Å². The summed E-state index contributed by atoms with van der Waals surface area (Å²) in [6.07, 6.45) is 0. The normalized spacial score (nSPS) is 10.7. The molecule has 0 unspecified atom stereocenters. The third-order valence-corrected chi connectivity index (χ3v) is 4.62. The zero-order valence-corrected chi connectivity index (χ0v) is 14.9. The Morgan fingerprint density at radius 3 is 2.32 bits per heavy atom. The number of thiophene rings is 1. The van der Waals surface area contributed by atoms with Gasteiger partial charge in [0.05, 0.1) is 26.7 Å². The topological polar surface area (TPSA) is 118 Å². The highest BCUT2D eigenvalue weighted by atomic mass is 32.1. The van der Waals surface area contributed by atoms with Gasteiger partial charge < -0.3 is 31.0 Å². The van der Waals surface area contributed by atoms with Crippen molar-refractivity contribution in [1.82, 2.24) is 9.97 Å². The Kier molecular flexibility index (Phi) is 4.66. The highest BCUT2D eigenvalue weighted by molar-refractivity contribution is 7.17. The highest BCUT2D eigenvalue weighted by Crippen LogP contribution is 2.40. The molecule has 3 aromatic rings. The van der Waals surface area contributed by atoms with Crippen LogP contribution >= 0.6 is 11.3 Å². The van der Waals surface area contributed by atoms with Crippen LogP contribution in [0.2, 0.25) is 0 Å². The molecule has 0 aliphatic carbocycles. The fraction of sp³-hybridized carbons (Fsp3) is 0.250. The fourth-order valence-corrected chi connectivity index (χ4v) is 3.51. The standard InChI is InChI=1S/C16H19N5O3S/c1-22-10-4-9(5-11(23-2)13(10)24-3)19-6-8-7-25-15-12(8)14(17)20-16(18)21-15/h4-5,7,19H,6H2,1-3H3,(H4,17,18,20,21). The van der Waals surface area contributed by atoms with Crippen molar-refractivity contribution in [2.45, 2.75) is 6.54 Å². The van der Waals surface area contributed by atoms with Gasteiger partial charge in [0.1, 0.15) is 10.6 Å². The SMILES string of the molecule is COc1cc(NCc2csc3nc(N)nc(N)c23)cc(OC)c1OC. The molecule has 0 amide bonds. The van der Waals surface area contributed by atoms with Crippen LogP contribution in [0.15, 0.2) is 17.5 Å². The van der Waals surface area contributed by atoms with Crippen LogP contribution in [0.1, 0.15) is 5.56 Å². The number of anilines is 3. The van der Waals surface area contributed by atoms with E-state index in [4.69, 9.17) is 25.7 Å². The van der Waals surface area contributed by atoms with Crippen molar-refractivity contribution in [3.8, 4) is 17.2 Å². The van der Waals surface area contributed by atoms with Crippen molar-refractivity contribution in [1.29, 1.82) is 0 Å². The molecule has 0 radical (unpaired) electrons. The van der Waals surface area contributed by atoms with Crippen LogP contribution in [0, 0.1) is 0 Å². The van der Waals surface area contributed by atoms with Crippen LogP contribution in [0.4, 0.5) is 17.5 Å². The smallest absolute Gasteiger partial charge is 0.223 e. The van der Waals surface area contributed by atoms with Crippen molar-refractivity contribution in [2.24, 2.45) is 0 Å². The highest BCUT2D eigenvalue weighted by Gasteiger charge is 2.14. The third-order valence-electron chi connectivity index (χ3n) is 3.70. The molecule has 0 saturated carbocycles. The van der Waals surface area contributed by atoms with Crippen LogP contribution in [0.5, 0.6) is 17.2 Å². The van der Waals surface area contributed by atoms with Gasteiger partial charge in [-0.1, -0.05) is 0 Å². The van der Waals surface area contributed by atoms with Gasteiger partial charge in [0.25, 0.3) is 0 Å². The number of benzene rings is 1. The van der Waals surface area contributed by atoms with E-state index in [1.807, 2.05) is 17.5 Å². The van der Waals surface area contributed by atoms with Gasteiger partial charge in [0.2, 0.25) is 11.7 Å². The van der Waals surface area contributed by atoms with Gasteiger partial charge >= 0.3 is 0 Å². The minimum Gasteiger partial charge on any atom is -0.493 e. The average Bonchev–Trinajstić information content (AvgIpc) is 3.01. The summed E-state index contributed by atoms with van der Waals surface area (Å²) in [7, 11) is 4.73. The van der Waals surface area contributed by atoms with Gasteiger partial charge in [-0.2, -0.15) is 4.98 Å². The van der Waals surface area contributed by atoms with E-state index in [0.717, 1.165) is 21.5 Å². The van der Waals surface area contributed by atoms with Crippen LogP contribution < -0.4 is 31.0 Å². The molecule has 9 heteroatoms. The zero-order chi connectivity index (χ0) is 18.0. The Balaban J connectivity index is 1.89. The first-order valence-corrected chi connectivity index (χ1v) is 8.28. The number of rotatable bonds is 6. The summed E-state index contributed by atoms with van der Waals surface area (Å²) in [4.78, 5) is 9.01. The van der Waals surface area contributed by atoms with Crippen LogP contribution in [-0.4, -0.2) is 31.3 Å². The lowest BCUT2D eigenvalue weighted by Crippen LogP contribution is -2.03. The molecule has 2 heterocycles. The molecule has 0 aliphatic heterocycles. The van der Waals surface area contributed by atoms with E-state index in [2.05, 4.69) is 15.3 Å². The molecule has 2 aromatic heterocycles. The molecule has 0 spiro atoms. The van der Waals surface area contributed by atoms with Crippen LogP contribution in [-0.2, 0) is 6.54 Å². The van der Waals surface area contributed by atoms with Gasteiger partial charge in [-0.05, 0) is 10.9 Å². The van der Waals surface area contributed by atoms with E-state index in [9.17, 15) is 0 Å². The largest absolute Gasteiger partial charge is 0.493 e. The van der Waals surface area contributed by atoms with Gasteiger partial charge in [-0.15, -0.1) is 11.3 Å². The van der Waals surface area contributed by atoms with Crippen LogP contribution in [0.3, 0.4) is 0 Å². The summed E-state index contributed by atoms with van der Waals surface area (Å²) in [6.45, 7) is 0.538. The van der Waals surface area contributed by atoms with E-state index < -0.39 is 0 Å². The quantitative estimate of drug-likeness (QED) is 0.613. The summed E-state index contributed by atoms with van der Waals surface area (Å²) in [5.41, 5.74) is 13.4. The number of fused-ring (bicyclic) bond motifs is 1. The Morgan fingerprint density at radius 1 is 1.04 bits per heavy atom. The second kappa shape index (κ2) is 6.89. The number of nitrogens with two attached hydrogens (primary N) is 2. The lowest BCUT2D eigenvalue weighted by atomic mass is 10.2. The summed E-state index contributed by atoms with van der Waals surface area (Å²) in [5.74, 6) is 2.26. The second-order valence-corrected chi connectivity index (χ2v) is 6.03. The van der Waals surface area contributed by atoms with Crippen molar-refractivity contribution in [3.63, 3.8) is 0 Å². The summed E-state index contributed by atoms with van der Waals surface area (Å²) < 4.78 is 16.1. The summed E-state index contributed by atoms with van der Waals surface area (Å²) in [6, 6.07) is 3.68. The predicted molar refractivity (Wildman–Crippen MR) is 99.7 cm³/mol. The molecule has 0 aliphatic rings. The molecule has 132 valence electrons. The molecule has 3 rings (SSSR count). The predicted octanol–water partition coefficient (Wildman–Crippen LogP) is 2.49. The molecule has 25 heavy (non-hydrogen) atoms. The first-order chi connectivity index (χ1) is 12.1. The lowest BCUT2D eigenvalue weighted by Gasteiger charge is -2.15. The number of hydrogen-bond acceptors (Lipinski definition) is 9. The van der Waals surface area contributed by atoms with E-state index in [-0.39, 0.29) is 5.95 Å². The maximum Gasteiger partial charge on any atom is 0.223 e. The van der Waals surface area contributed by atoms with E-state index in [1.165, 1.54) is 11.3 Å². The summed E-state index contributed by atoms with van der Waals surface area (Å²) in [5, 5.41) is 6.14. The second-order valence-electron chi connectivity index (χ2n) is 5.18. The molecule has 0 bridgehead atoms. The van der Waals surface area contributed by atoms with Crippen molar-refractivity contribution in [3.05, 3.63) is 23.1 Å². The fourth-order valence-electron chi connectivity index (χ4n) is 2.56. The van der Waals surface area contributed by atoms with Crippen molar-refractivity contribution >= 4 is 39.0 Å². The molecule has 0 saturated heterocycles. The summed E-state index contributed by atoms with van der Waals surface area (Å²) >= 11 is 1.48. The number of ether oxygens (including phenoxy) is 3. The number of nitrogens with zero attached hydrogens (tertiary/aromatic N) is 2. The number of aromatic nitrogens is 2. The molecule has 1 aromatic carbocycles. The van der Waals surface area contributed by atoms with Crippen molar-refractivity contribution < 1.29 is 14.2 Å². The maximum absolute atomic E-state index is 5.99. The van der Waals surface area contributed by atoms with E-state index >= 15 is 0 Å². The molecule has 0 fully saturated rings. The maximum atomic E-state index is 5.99. The van der Waals surface area contributed by atoms with Gasteiger partial charge in [-0.3, -0.25) is 0 Å². The minimum atomic E-state index is 0.177. The van der Waals surface area contributed by atoms with E-state index in [1.54, 1.807) is 21.3 Å². The zero-order valence-electron chi connectivity index (χ0n) is 14.1. The average molecular weight is 361 g/mol. The lowest BCUT2D eigenvalue weighted by molar-refractivity contribution is 0.324. The number of nitrogens with one attached hydrogen (secondary N) is 1. The van der Waals surface area contributed by atoms with Gasteiger partial charge in [-0.25, -0.2) is 4.98 Å². The molecule has 0 atom stereocenters. The number of hydrogen-bond donors (Lipinski definition) is 3. The van der Waals surface area contributed by atoms with E-state index in [0.29, 0.717) is 29.6 Å².